The van der Waals surface area contributed by atoms with Crippen LogP contribution < -0.4 is 5.56 Å². The zero-order valence-electron chi connectivity index (χ0n) is 16.3. The van der Waals surface area contributed by atoms with Gasteiger partial charge < -0.3 is 9.88 Å². The average Bonchev–Trinajstić information content (AvgIpc) is 2.77. The fourth-order valence-electron chi connectivity index (χ4n) is 3.71. The van der Waals surface area contributed by atoms with Crippen molar-refractivity contribution in [3.8, 4) is 11.4 Å². The lowest BCUT2D eigenvalue weighted by atomic mass is 10.0. The van der Waals surface area contributed by atoms with Crippen molar-refractivity contribution >= 4 is 5.91 Å². The van der Waals surface area contributed by atoms with E-state index in [1.54, 1.807) is 12.4 Å². The van der Waals surface area contributed by atoms with Gasteiger partial charge in [0.25, 0.3) is 5.56 Å². The molecule has 0 saturated heterocycles. The van der Waals surface area contributed by atoms with Gasteiger partial charge in [0.2, 0.25) is 5.91 Å². The Kier molecular flexibility index (Phi) is 5.79. The van der Waals surface area contributed by atoms with Crippen molar-refractivity contribution in [1.29, 1.82) is 0 Å². The minimum atomic E-state index is -0.114. The molecule has 0 atom stereocenters. The van der Waals surface area contributed by atoms with E-state index in [1.807, 2.05) is 35.2 Å². The second kappa shape index (κ2) is 8.82. The van der Waals surface area contributed by atoms with Crippen LogP contribution in [0, 0.1) is 0 Å². The van der Waals surface area contributed by atoms with Crippen molar-refractivity contribution in [2.75, 3.05) is 6.54 Å². The van der Waals surface area contributed by atoms with Gasteiger partial charge in [-0.15, -0.1) is 0 Å². The molecule has 0 spiro atoms. The Balaban J connectivity index is 1.38. The number of aromatic nitrogens is 3. The molecule has 0 fully saturated rings. The van der Waals surface area contributed by atoms with Gasteiger partial charge in [-0.1, -0.05) is 30.3 Å². The zero-order chi connectivity index (χ0) is 20.1. The zero-order valence-corrected chi connectivity index (χ0v) is 16.3. The number of carbonyl (C=O) groups is 1. The van der Waals surface area contributed by atoms with E-state index in [2.05, 4.69) is 27.1 Å². The molecule has 4 rings (SSSR count). The number of unbranched alkanes of at least 4 members (excludes halogenated alkanes) is 1. The summed E-state index contributed by atoms with van der Waals surface area (Å²) in [6.45, 7) is 0.971. The molecule has 0 bridgehead atoms. The number of pyridine rings is 1. The predicted molar refractivity (Wildman–Crippen MR) is 111 cm³/mol. The number of amides is 1. The van der Waals surface area contributed by atoms with Gasteiger partial charge in [-0.05, 0) is 43.4 Å². The summed E-state index contributed by atoms with van der Waals surface area (Å²) in [5.41, 5.74) is 3.39. The van der Waals surface area contributed by atoms with Crippen LogP contribution in [0.5, 0.6) is 0 Å². The van der Waals surface area contributed by atoms with Crippen molar-refractivity contribution < 1.29 is 4.79 Å². The Morgan fingerprint density at radius 1 is 1.07 bits per heavy atom. The fourth-order valence-corrected chi connectivity index (χ4v) is 3.71. The Bertz CT molecular complexity index is 1030. The third-order valence-electron chi connectivity index (χ3n) is 5.33. The lowest BCUT2D eigenvalue weighted by Crippen LogP contribution is -2.39. The molecule has 0 radical (unpaired) electrons. The van der Waals surface area contributed by atoms with E-state index in [1.165, 1.54) is 5.56 Å². The van der Waals surface area contributed by atoms with Crippen molar-refractivity contribution in [3.63, 3.8) is 0 Å². The van der Waals surface area contributed by atoms with E-state index < -0.39 is 0 Å². The third kappa shape index (κ3) is 4.59. The van der Waals surface area contributed by atoms with Crippen LogP contribution in [0.15, 0.2) is 59.7 Å². The molecule has 1 aromatic carbocycles. The number of hydrogen-bond acceptors (Lipinski definition) is 4. The molecule has 1 amide bonds. The first-order valence-electron chi connectivity index (χ1n) is 10.0. The maximum atomic E-state index is 12.7. The molecule has 0 unspecified atom stereocenters. The highest BCUT2D eigenvalue weighted by Gasteiger charge is 2.24. The summed E-state index contributed by atoms with van der Waals surface area (Å²) >= 11 is 0. The molecule has 3 heterocycles. The number of aromatic amines is 1. The number of nitrogens with one attached hydrogen (secondary N) is 1. The molecule has 148 valence electrons. The number of fused-ring (bicyclic) bond motifs is 1. The minimum absolute atomic E-state index is 0.114. The van der Waals surface area contributed by atoms with E-state index in [0.29, 0.717) is 43.0 Å². The summed E-state index contributed by atoms with van der Waals surface area (Å²) in [5, 5.41) is 0. The smallest absolute Gasteiger partial charge is 0.254 e. The second-order valence-electron chi connectivity index (χ2n) is 7.33. The lowest BCUT2D eigenvalue weighted by molar-refractivity contribution is -0.132. The van der Waals surface area contributed by atoms with E-state index in [0.717, 1.165) is 24.8 Å². The van der Waals surface area contributed by atoms with Crippen LogP contribution in [0.25, 0.3) is 11.4 Å². The number of H-pyrrole nitrogens is 1. The summed E-state index contributed by atoms with van der Waals surface area (Å²) in [6, 6.07) is 14.0. The number of aryl methyl sites for hydroxylation is 1. The summed E-state index contributed by atoms with van der Waals surface area (Å²) in [5.74, 6) is 0.657. The first-order chi connectivity index (χ1) is 14.2. The summed E-state index contributed by atoms with van der Waals surface area (Å²) < 4.78 is 0. The first-order valence-corrected chi connectivity index (χ1v) is 10.0. The maximum Gasteiger partial charge on any atom is 0.254 e. The standard InChI is InChI=1S/C23H24N4O2/c28-21(9-5-4-8-17-6-2-1-3-7-17)27-15-12-19-20(16-27)25-22(26-23(19)29)18-10-13-24-14-11-18/h1-3,6-7,10-11,13-14H,4-5,8-9,12,15-16H2,(H,25,26,29). The van der Waals surface area contributed by atoms with E-state index in [4.69, 9.17) is 0 Å². The van der Waals surface area contributed by atoms with Crippen LogP contribution in [-0.4, -0.2) is 32.3 Å². The Hall–Kier alpha value is -3.28. The largest absolute Gasteiger partial charge is 0.336 e. The quantitative estimate of drug-likeness (QED) is 0.658. The molecule has 6 heteroatoms. The maximum absolute atomic E-state index is 12.7. The molecule has 1 aliphatic heterocycles. The number of rotatable bonds is 6. The third-order valence-corrected chi connectivity index (χ3v) is 5.33. The number of benzene rings is 1. The second-order valence-corrected chi connectivity index (χ2v) is 7.33. The molecular formula is C23H24N4O2. The van der Waals surface area contributed by atoms with Gasteiger partial charge in [0.1, 0.15) is 5.82 Å². The van der Waals surface area contributed by atoms with Gasteiger partial charge in [-0.25, -0.2) is 4.98 Å². The van der Waals surface area contributed by atoms with Crippen molar-refractivity contribution in [3.05, 3.63) is 82.0 Å². The van der Waals surface area contributed by atoms with Gasteiger partial charge in [0, 0.05) is 36.5 Å². The summed E-state index contributed by atoms with van der Waals surface area (Å²) in [4.78, 5) is 38.4. The fraction of sp³-hybridized carbons (Fsp3) is 0.304. The number of nitrogens with zero attached hydrogens (tertiary/aromatic N) is 3. The molecule has 3 aromatic rings. The van der Waals surface area contributed by atoms with Gasteiger partial charge in [0.05, 0.1) is 12.2 Å². The highest BCUT2D eigenvalue weighted by Crippen LogP contribution is 2.19. The Morgan fingerprint density at radius 3 is 2.66 bits per heavy atom. The van der Waals surface area contributed by atoms with E-state index in [9.17, 15) is 9.59 Å². The average molecular weight is 388 g/mol. The summed E-state index contributed by atoms with van der Waals surface area (Å²) in [7, 11) is 0. The Morgan fingerprint density at radius 2 is 1.86 bits per heavy atom. The number of hydrogen-bond donors (Lipinski definition) is 1. The van der Waals surface area contributed by atoms with Gasteiger partial charge in [-0.3, -0.25) is 14.6 Å². The molecule has 0 saturated carbocycles. The SMILES string of the molecule is O=C(CCCCc1ccccc1)N1CCc2c(nc(-c3ccncc3)[nH]c2=O)C1. The summed E-state index contributed by atoms with van der Waals surface area (Å²) in [6.07, 6.45) is 7.25. The van der Waals surface area contributed by atoms with Crippen LogP contribution >= 0.6 is 0 Å². The number of carbonyl (C=O) groups excluding carboxylic acids is 1. The Labute approximate surface area is 169 Å². The first kappa shape index (κ1) is 19.1. The molecule has 2 aromatic heterocycles. The van der Waals surface area contributed by atoms with E-state index >= 15 is 0 Å². The minimum Gasteiger partial charge on any atom is -0.336 e. The van der Waals surface area contributed by atoms with Crippen LogP contribution in [0.3, 0.4) is 0 Å². The van der Waals surface area contributed by atoms with Gasteiger partial charge in [0.15, 0.2) is 0 Å². The van der Waals surface area contributed by atoms with Crippen molar-refractivity contribution in [2.45, 2.75) is 38.6 Å². The molecule has 0 aliphatic carbocycles. The van der Waals surface area contributed by atoms with Crippen LogP contribution in [-0.2, 0) is 24.2 Å². The van der Waals surface area contributed by atoms with Crippen LogP contribution in [0.4, 0.5) is 0 Å². The molecule has 29 heavy (non-hydrogen) atoms. The van der Waals surface area contributed by atoms with Crippen LogP contribution in [0.2, 0.25) is 0 Å². The highest BCUT2D eigenvalue weighted by atomic mass is 16.2. The van der Waals surface area contributed by atoms with Crippen molar-refractivity contribution in [1.82, 2.24) is 19.9 Å². The lowest BCUT2D eigenvalue weighted by Gasteiger charge is -2.28. The topological polar surface area (TPSA) is 79.0 Å². The van der Waals surface area contributed by atoms with Crippen molar-refractivity contribution in [2.24, 2.45) is 0 Å². The molecule has 6 nitrogen and oxygen atoms in total. The van der Waals surface area contributed by atoms with Gasteiger partial charge in [-0.2, -0.15) is 0 Å². The van der Waals surface area contributed by atoms with Gasteiger partial charge >= 0.3 is 0 Å². The normalized spacial score (nSPS) is 13.2. The van der Waals surface area contributed by atoms with Crippen LogP contribution in [0.1, 0.15) is 36.1 Å². The molecular weight excluding hydrogens is 364 g/mol. The molecule has 1 N–H and O–H groups in total. The molecule has 1 aliphatic rings. The monoisotopic (exact) mass is 388 g/mol. The predicted octanol–water partition coefficient (Wildman–Crippen LogP) is 3.13. The van der Waals surface area contributed by atoms with E-state index in [-0.39, 0.29) is 11.5 Å². The highest BCUT2D eigenvalue weighted by molar-refractivity contribution is 5.76.